The topological polar surface area (TPSA) is 100 Å². The van der Waals surface area contributed by atoms with E-state index in [-0.39, 0.29) is 24.1 Å². The van der Waals surface area contributed by atoms with Gasteiger partial charge in [-0.25, -0.2) is 9.78 Å². The summed E-state index contributed by atoms with van der Waals surface area (Å²) < 4.78 is 11.6. The number of aryl methyl sites for hydroxylation is 2. The second kappa shape index (κ2) is 9.07. The molecule has 0 aromatic carbocycles. The summed E-state index contributed by atoms with van der Waals surface area (Å²) in [6, 6.07) is 1.76. The minimum atomic E-state index is -0.692. The van der Waals surface area contributed by atoms with E-state index in [4.69, 9.17) is 4.74 Å². The Morgan fingerprint density at radius 1 is 1.11 bits per heavy atom. The van der Waals surface area contributed by atoms with Gasteiger partial charge >= 0.3 is 11.9 Å². The van der Waals surface area contributed by atoms with E-state index in [1.54, 1.807) is 13.0 Å². The third-order valence-electron chi connectivity index (χ3n) is 4.19. The lowest BCUT2D eigenvalue weighted by atomic mass is 10.1. The van der Waals surface area contributed by atoms with E-state index >= 15 is 0 Å². The molecule has 0 bridgehead atoms. The van der Waals surface area contributed by atoms with Crippen LogP contribution < -0.4 is 0 Å². The van der Waals surface area contributed by atoms with Crippen LogP contribution in [-0.2, 0) is 20.8 Å². The second-order valence-electron chi connectivity index (χ2n) is 6.16. The van der Waals surface area contributed by atoms with Crippen LogP contribution in [0, 0.1) is 20.8 Å². The number of carbonyl (C=O) groups is 3. The molecule has 144 valence electrons. The molecule has 2 aromatic heterocycles. The van der Waals surface area contributed by atoms with Crippen LogP contribution in [-0.4, -0.2) is 46.0 Å². The number of aromatic nitrogens is 3. The average molecular weight is 373 g/mol. The number of ether oxygens (including phenoxy) is 2. The van der Waals surface area contributed by atoms with Gasteiger partial charge in [-0.05, 0) is 33.3 Å². The first-order valence-corrected chi connectivity index (χ1v) is 8.56. The highest BCUT2D eigenvalue weighted by Crippen LogP contribution is 2.17. The maximum atomic E-state index is 12.4. The van der Waals surface area contributed by atoms with Crippen LogP contribution in [0.3, 0.4) is 0 Å². The summed E-state index contributed by atoms with van der Waals surface area (Å²) in [7, 11) is 1.36. The van der Waals surface area contributed by atoms with E-state index in [0.29, 0.717) is 30.6 Å². The number of nitrogens with zero attached hydrogens (tertiary/aromatic N) is 3. The lowest BCUT2D eigenvalue weighted by Gasteiger charge is -2.09. The monoisotopic (exact) mass is 373 g/mol. The SMILES string of the molecule is COC(=O)CCCn1c(C)cc(C(=O)COC(=O)c2cnc(C)cn2)c1C. The van der Waals surface area contributed by atoms with Crippen molar-refractivity contribution < 1.29 is 23.9 Å². The Morgan fingerprint density at radius 2 is 1.85 bits per heavy atom. The molecule has 0 aliphatic rings. The normalized spacial score (nSPS) is 10.5. The highest BCUT2D eigenvalue weighted by molar-refractivity contribution is 6.00. The van der Waals surface area contributed by atoms with Gasteiger partial charge in [-0.2, -0.15) is 0 Å². The highest BCUT2D eigenvalue weighted by atomic mass is 16.5. The second-order valence-corrected chi connectivity index (χ2v) is 6.16. The van der Waals surface area contributed by atoms with Crippen LogP contribution in [0.4, 0.5) is 0 Å². The van der Waals surface area contributed by atoms with Gasteiger partial charge in [-0.15, -0.1) is 0 Å². The van der Waals surface area contributed by atoms with Gasteiger partial charge in [0.1, 0.15) is 0 Å². The van der Waals surface area contributed by atoms with Gasteiger partial charge in [0.05, 0.1) is 19.0 Å². The van der Waals surface area contributed by atoms with E-state index < -0.39 is 5.97 Å². The molecule has 2 rings (SSSR count). The van der Waals surface area contributed by atoms with Crippen molar-refractivity contribution in [2.45, 2.75) is 40.2 Å². The predicted molar refractivity (Wildman–Crippen MR) is 96.5 cm³/mol. The maximum Gasteiger partial charge on any atom is 0.358 e. The number of methoxy groups -OCH3 is 1. The quantitative estimate of drug-likeness (QED) is 0.516. The largest absolute Gasteiger partial charge is 0.469 e. The van der Waals surface area contributed by atoms with E-state index in [1.165, 1.54) is 19.5 Å². The summed E-state index contributed by atoms with van der Waals surface area (Å²) in [6.07, 6.45) is 3.69. The van der Waals surface area contributed by atoms with Crippen molar-refractivity contribution >= 4 is 17.7 Å². The molecule has 0 atom stereocenters. The Kier molecular flexibility index (Phi) is 6.81. The molecule has 2 aromatic rings. The smallest absolute Gasteiger partial charge is 0.358 e. The van der Waals surface area contributed by atoms with Gasteiger partial charge in [0, 0.05) is 36.1 Å². The molecule has 0 saturated carbocycles. The molecular weight excluding hydrogens is 350 g/mol. The molecule has 27 heavy (non-hydrogen) atoms. The molecule has 2 heterocycles. The third kappa shape index (κ3) is 5.22. The number of ketones is 1. The standard InChI is InChI=1S/C19H23N3O5/c1-12-9-21-16(10-20-12)19(25)27-11-17(23)15-8-13(2)22(14(15)3)7-5-6-18(24)26-4/h8-10H,5-7,11H2,1-4H3. The van der Waals surface area contributed by atoms with Crippen LogP contribution in [0.15, 0.2) is 18.5 Å². The van der Waals surface area contributed by atoms with Crippen LogP contribution in [0.1, 0.15) is 50.8 Å². The molecule has 0 spiro atoms. The molecule has 0 unspecified atom stereocenters. The summed E-state index contributed by atoms with van der Waals surface area (Å²) in [5.41, 5.74) is 2.90. The summed E-state index contributed by atoms with van der Waals surface area (Å²) in [5.74, 6) is -1.25. The molecule has 0 aliphatic carbocycles. The molecule has 8 heteroatoms. The van der Waals surface area contributed by atoms with Gasteiger partial charge in [-0.3, -0.25) is 14.6 Å². The van der Waals surface area contributed by atoms with Crippen LogP contribution >= 0.6 is 0 Å². The zero-order chi connectivity index (χ0) is 20.0. The van der Waals surface area contributed by atoms with Crippen LogP contribution in [0.2, 0.25) is 0 Å². The molecule has 8 nitrogen and oxygen atoms in total. The molecule has 0 fully saturated rings. The lowest BCUT2D eigenvalue weighted by molar-refractivity contribution is -0.140. The average Bonchev–Trinajstić information content (AvgIpc) is 2.94. The fraction of sp³-hybridized carbons (Fsp3) is 0.421. The van der Waals surface area contributed by atoms with Gasteiger partial charge in [0.15, 0.2) is 12.3 Å². The number of esters is 2. The molecule has 0 saturated heterocycles. The van der Waals surface area contributed by atoms with Crippen LogP contribution in [0.25, 0.3) is 0 Å². The van der Waals surface area contributed by atoms with Crippen molar-refractivity contribution in [2.75, 3.05) is 13.7 Å². The molecule has 0 radical (unpaired) electrons. The van der Waals surface area contributed by atoms with Crippen molar-refractivity contribution in [1.29, 1.82) is 0 Å². The van der Waals surface area contributed by atoms with Crippen LogP contribution in [0.5, 0.6) is 0 Å². The van der Waals surface area contributed by atoms with Gasteiger partial charge < -0.3 is 14.0 Å². The molecule has 0 amide bonds. The van der Waals surface area contributed by atoms with E-state index in [2.05, 4.69) is 14.7 Å². The zero-order valence-corrected chi connectivity index (χ0v) is 15.9. The maximum absolute atomic E-state index is 12.4. The minimum Gasteiger partial charge on any atom is -0.469 e. The van der Waals surface area contributed by atoms with E-state index in [1.807, 2.05) is 18.4 Å². The zero-order valence-electron chi connectivity index (χ0n) is 15.9. The molecular formula is C19H23N3O5. The fourth-order valence-electron chi connectivity index (χ4n) is 2.69. The predicted octanol–water partition coefficient (Wildman–Crippen LogP) is 2.20. The van der Waals surface area contributed by atoms with Crippen molar-refractivity contribution in [3.05, 3.63) is 46.8 Å². The Balaban J connectivity index is 1.97. The van der Waals surface area contributed by atoms with Crippen molar-refractivity contribution in [3.63, 3.8) is 0 Å². The number of Topliss-reactive ketones (excluding diaryl/α,β-unsaturated/α-hetero) is 1. The number of hydrogen-bond donors (Lipinski definition) is 0. The Morgan fingerprint density at radius 3 is 2.48 bits per heavy atom. The number of rotatable bonds is 8. The summed E-state index contributed by atoms with van der Waals surface area (Å²) in [5, 5.41) is 0. The van der Waals surface area contributed by atoms with Gasteiger partial charge in [0.25, 0.3) is 0 Å². The van der Waals surface area contributed by atoms with Crippen molar-refractivity contribution in [1.82, 2.24) is 14.5 Å². The first-order valence-electron chi connectivity index (χ1n) is 8.56. The number of hydrogen-bond acceptors (Lipinski definition) is 7. The third-order valence-corrected chi connectivity index (χ3v) is 4.19. The van der Waals surface area contributed by atoms with E-state index in [9.17, 15) is 14.4 Å². The van der Waals surface area contributed by atoms with Crippen molar-refractivity contribution in [3.8, 4) is 0 Å². The Bertz CT molecular complexity index is 840. The number of carbonyl (C=O) groups excluding carboxylic acids is 3. The minimum absolute atomic E-state index is 0.0571. The summed E-state index contributed by atoms with van der Waals surface area (Å²) in [6.45, 7) is 5.69. The van der Waals surface area contributed by atoms with E-state index in [0.717, 1.165) is 11.4 Å². The van der Waals surface area contributed by atoms with Gasteiger partial charge in [-0.1, -0.05) is 0 Å². The molecule has 0 N–H and O–H groups in total. The lowest BCUT2D eigenvalue weighted by Crippen LogP contribution is -2.16. The summed E-state index contributed by atoms with van der Waals surface area (Å²) >= 11 is 0. The first-order chi connectivity index (χ1) is 12.8. The fourth-order valence-corrected chi connectivity index (χ4v) is 2.69. The first kappa shape index (κ1) is 20.3. The van der Waals surface area contributed by atoms with Gasteiger partial charge in [0.2, 0.25) is 5.78 Å². The summed E-state index contributed by atoms with van der Waals surface area (Å²) in [4.78, 5) is 43.5. The Labute approximate surface area is 157 Å². The van der Waals surface area contributed by atoms with Crippen molar-refractivity contribution in [2.24, 2.45) is 0 Å². The highest BCUT2D eigenvalue weighted by Gasteiger charge is 2.18. The Hall–Kier alpha value is -3.03. The molecule has 0 aliphatic heterocycles.